The van der Waals surface area contributed by atoms with Crippen molar-refractivity contribution in [1.29, 1.82) is 0 Å². The number of H-pyrrole nitrogens is 1. The maximum absolute atomic E-state index is 13.4. The van der Waals surface area contributed by atoms with Crippen LogP contribution in [-0.2, 0) is 25.5 Å². The molecule has 2 atom stereocenters. The van der Waals surface area contributed by atoms with Crippen molar-refractivity contribution in [3.63, 3.8) is 0 Å². The van der Waals surface area contributed by atoms with Crippen molar-refractivity contribution < 1.29 is 28.7 Å². The third kappa shape index (κ3) is 11.3. The van der Waals surface area contributed by atoms with E-state index in [9.17, 15) is 19.2 Å². The van der Waals surface area contributed by atoms with Crippen LogP contribution in [-0.4, -0.2) is 98.1 Å². The number of aliphatic imine (C=N–C) groups is 1. The Balaban J connectivity index is 1.30. The van der Waals surface area contributed by atoms with Crippen molar-refractivity contribution in [2.75, 3.05) is 45.7 Å². The van der Waals surface area contributed by atoms with E-state index in [-0.39, 0.29) is 30.3 Å². The number of carbonyl (C=O) groups is 4. The van der Waals surface area contributed by atoms with Gasteiger partial charge in [0.05, 0.1) is 44.0 Å². The standard InChI is InChI=1S/C38H48N8O6/c1-25(2)35(45-38(50)52-5)36(48)46-20-8-9-29(46)22-41-31-21-27(15-18-30(31)39-3)12-11-26-13-16-28(17-14-26)32-23-42-33(44-32)10-6-7-19-40-34(47)24-43-37(49)51-4/h13-18,21,23,25,29,35,41H,3,6-10,19-20,22,24H2,1-2,4-5H3,(H,40,47)(H,42,44)(H,43,49)(H,45,50). The van der Waals surface area contributed by atoms with E-state index in [2.05, 4.69) is 59.5 Å². The Labute approximate surface area is 304 Å². The Morgan fingerprint density at radius 1 is 1.02 bits per heavy atom. The molecular formula is C38H48N8O6. The van der Waals surface area contributed by atoms with Gasteiger partial charge in [0, 0.05) is 43.2 Å². The molecule has 0 bridgehead atoms. The number of aryl methyl sites for hydroxylation is 1. The number of alkyl carbamates (subject to hydrolysis) is 2. The summed E-state index contributed by atoms with van der Waals surface area (Å²) >= 11 is 0. The molecule has 14 nitrogen and oxygen atoms in total. The molecule has 0 aliphatic carbocycles. The van der Waals surface area contributed by atoms with Crippen LogP contribution in [0.15, 0.2) is 53.7 Å². The number of aromatic amines is 1. The van der Waals surface area contributed by atoms with E-state index in [1.54, 1.807) is 0 Å². The highest BCUT2D eigenvalue weighted by Gasteiger charge is 2.35. The normalized spacial score (nSPS) is 14.1. The predicted octanol–water partition coefficient (Wildman–Crippen LogP) is 4.39. The highest BCUT2D eigenvalue weighted by Crippen LogP contribution is 2.28. The molecule has 1 aromatic heterocycles. The first kappa shape index (κ1) is 39.0. The summed E-state index contributed by atoms with van der Waals surface area (Å²) in [5.74, 6) is 6.85. The van der Waals surface area contributed by atoms with E-state index in [4.69, 9.17) is 4.74 Å². The van der Waals surface area contributed by atoms with Crippen molar-refractivity contribution in [2.45, 2.75) is 58.0 Å². The number of rotatable bonds is 15. The fraction of sp³-hybridized carbons (Fsp3) is 0.421. The predicted molar refractivity (Wildman–Crippen MR) is 199 cm³/mol. The Bertz CT molecular complexity index is 1760. The van der Waals surface area contributed by atoms with Gasteiger partial charge in [0.2, 0.25) is 11.8 Å². The molecule has 2 aromatic carbocycles. The van der Waals surface area contributed by atoms with Gasteiger partial charge in [-0.15, -0.1) is 0 Å². The Kier molecular flexibility index (Phi) is 14.6. The lowest BCUT2D eigenvalue weighted by Gasteiger charge is -2.31. The van der Waals surface area contributed by atoms with Gasteiger partial charge < -0.3 is 40.6 Å². The fourth-order valence-corrected chi connectivity index (χ4v) is 5.78. The molecule has 4 amide bonds. The smallest absolute Gasteiger partial charge is 0.407 e. The lowest BCUT2D eigenvalue weighted by molar-refractivity contribution is -0.135. The Hall–Kier alpha value is -5.84. The Morgan fingerprint density at radius 2 is 1.75 bits per heavy atom. The number of hydrogen-bond acceptors (Lipinski definition) is 9. The quantitative estimate of drug-likeness (QED) is 0.0875. The van der Waals surface area contributed by atoms with Crippen LogP contribution in [0.3, 0.4) is 0 Å². The number of amides is 4. The molecule has 1 aliphatic rings. The largest absolute Gasteiger partial charge is 0.453 e. The number of benzene rings is 2. The van der Waals surface area contributed by atoms with Crippen molar-refractivity contribution in [3.05, 3.63) is 65.6 Å². The molecular weight excluding hydrogens is 664 g/mol. The number of nitrogens with zero attached hydrogens (tertiary/aromatic N) is 3. The number of methoxy groups -OCH3 is 2. The van der Waals surface area contributed by atoms with Gasteiger partial charge in [0.1, 0.15) is 11.9 Å². The van der Waals surface area contributed by atoms with Gasteiger partial charge in [0.25, 0.3) is 0 Å². The van der Waals surface area contributed by atoms with Gasteiger partial charge in [-0.25, -0.2) is 14.6 Å². The number of unbranched alkanes of at least 4 members (excludes halogenated alkanes) is 1. The van der Waals surface area contributed by atoms with Crippen molar-refractivity contribution >= 4 is 42.1 Å². The lowest BCUT2D eigenvalue weighted by Crippen LogP contribution is -2.53. The van der Waals surface area contributed by atoms with E-state index in [1.165, 1.54) is 14.2 Å². The molecule has 52 heavy (non-hydrogen) atoms. The summed E-state index contributed by atoms with van der Waals surface area (Å²) in [5, 5.41) is 11.2. The molecule has 0 saturated carbocycles. The zero-order valence-corrected chi connectivity index (χ0v) is 30.2. The van der Waals surface area contributed by atoms with Crippen LogP contribution in [0.4, 0.5) is 21.0 Å². The van der Waals surface area contributed by atoms with E-state index in [0.717, 1.165) is 66.0 Å². The highest BCUT2D eigenvalue weighted by atomic mass is 16.5. The third-order valence-corrected chi connectivity index (χ3v) is 8.66. The summed E-state index contributed by atoms with van der Waals surface area (Å²) in [6, 6.07) is 12.9. The topological polar surface area (TPSA) is 179 Å². The summed E-state index contributed by atoms with van der Waals surface area (Å²) in [6.45, 7) is 9.03. The first-order valence-electron chi connectivity index (χ1n) is 17.4. The van der Waals surface area contributed by atoms with Gasteiger partial charge in [-0.2, -0.15) is 0 Å². The number of carbonyl (C=O) groups excluding carboxylic acids is 4. The van der Waals surface area contributed by atoms with Crippen molar-refractivity contribution in [1.82, 2.24) is 30.8 Å². The first-order valence-corrected chi connectivity index (χ1v) is 17.4. The molecule has 0 spiro atoms. The lowest BCUT2D eigenvalue weighted by atomic mass is 10.0. The summed E-state index contributed by atoms with van der Waals surface area (Å²) in [5.41, 5.74) is 5.01. The van der Waals surface area contributed by atoms with Gasteiger partial charge in [-0.05, 0) is 74.2 Å². The zero-order chi connectivity index (χ0) is 37.5. The minimum atomic E-state index is -0.669. The SMILES string of the molecule is C=Nc1ccc(C#Cc2ccc(-c3cnc(CCCCNC(=O)CNC(=O)OC)[nH]3)cc2)cc1NCC1CCCN1C(=O)C(NC(=O)OC)C(C)C. The molecule has 0 radical (unpaired) electrons. The van der Waals surface area contributed by atoms with Crippen LogP contribution >= 0.6 is 0 Å². The Morgan fingerprint density at radius 3 is 2.46 bits per heavy atom. The van der Waals surface area contributed by atoms with Gasteiger partial charge >= 0.3 is 12.2 Å². The molecule has 2 heterocycles. The number of likely N-dealkylation sites (tertiary alicyclic amines) is 1. The number of aromatic nitrogens is 2. The molecule has 1 fully saturated rings. The number of anilines is 1. The molecule has 14 heteroatoms. The minimum Gasteiger partial charge on any atom is -0.453 e. The first-order chi connectivity index (χ1) is 25.1. The third-order valence-electron chi connectivity index (χ3n) is 8.66. The summed E-state index contributed by atoms with van der Waals surface area (Å²) in [7, 11) is 2.53. The second kappa shape index (κ2) is 19.5. The second-order valence-electron chi connectivity index (χ2n) is 12.7. The van der Waals surface area contributed by atoms with E-state index in [0.29, 0.717) is 25.3 Å². The van der Waals surface area contributed by atoms with Gasteiger partial charge in [-0.1, -0.05) is 37.8 Å². The van der Waals surface area contributed by atoms with E-state index < -0.39 is 18.2 Å². The number of nitrogens with one attached hydrogen (secondary N) is 5. The maximum Gasteiger partial charge on any atom is 0.407 e. The maximum atomic E-state index is 13.4. The van der Waals surface area contributed by atoms with Crippen LogP contribution in [0.25, 0.3) is 11.3 Å². The van der Waals surface area contributed by atoms with Gasteiger partial charge in [0.15, 0.2) is 0 Å². The molecule has 3 aromatic rings. The number of hydrogen-bond donors (Lipinski definition) is 5. The molecule has 4 rings (SSSR count). The summed E-state index contributed by atoms with van der Waals surface area (Å²) < 4.78 is 9.18. The molecule has 2 unspecified atom stereocenters. The van der Waals surface area contributed by atoms with Crippen LogP contribution < -0.4 is 21.3 Å². The molecule has 1 aliphatic heterocycles. The zero-order valence-electron chi connectivity index (χ0n) is 30.2. The highest BCUT2D eigenvalue weighted by molar-refractivity contribution is 5.86. The van der Waals surface area contributed by atoms with Crippen LogP contribution in [0.5, 0.6) is 0 Å². The average molecular weight is 713 g/mol. The molecule has 276 valence electrons. The summed E-state index contributed by atoms with van der Waals surface area (Å²) in [4.78, 5) is 62.0. The minimum absolute atomic E-state index is 0.0476. The molecule has 1 saturated heterocycles. The van der Waals surface area contributed by atoms with Crippen LogP contribution in [0.2, 0.25) is 0 Å². The van der Waals surface area contributed by atoms with E-state index in [1.807, 2.05) is 67.4 Å². The second-order valence-corrected chi connectivity index (χ2v) is 12.7. The van der Waals surface area contributed by atoms with Gasteiger partial charge in [-0.3, -0.25) is 14.6 Å². The molecule has 5 N–H and O–H groups in total. The van der Waals surface area contributed by atoms with Crippen molar-refractivity contribution in [3.8, 4) is 23.1 Å². The fourth-order valence-electron chi connectivity index (χ4n) is 5.78. The van der Waals surface area contributed by atoms with Crippen LogP contribution in [0, 0.1) is 17.8 Å². The van der Waals surface area contributed by atoms with Crippen molar-refractivity contribution in [2.24, 2.45) is 10.9 Å². The monoisotopic (exact) mass is 712 g/mol. The average Bonchev–Trinajstić information content (AvgIpc) is 3.84. The van der Waals surface area contributed by atoms with E-state index >= 15 is 0 Å². The van der Waals surface area contributed by atoms with Crippen LogP contribution in [0.1, 0.15) is 56.5 Å². The summed E-state index contributed by atoms with van der Waals surface area (Å²) in [6.07, 6.45) is 4.61. The number of ether oxygens (including phenoxy) is 2. The number of imidazole rings is 1.